The monoisotopic (exact) mass is 283 g/mol. The molecule has 0 spiro atoms. The zero-order valence-electron chi connectivity index (χ0n) is 11.3. The van der Waals surface area contributed by atoms with Crippen LogP contribution >= 0.6 is 11.3 Å². The van der Waals surface area contributed by atoms with E-state index in [9.17, 15) is 5.26 Å². The number of likely N-dealkylation sites (tertiary alicyclic amines) is 1. The summed E-state index contributed by atoms with van der Waals surface area (Å²) in [7, 11) is 0. The van der Waals surface area contributed by atoms with Crippen LogP contribution in [0.25, 0.3) is 0 Å². The molecule has 0 saturated carbocycles. The van der Waals surface area contributed by atoms with Crippen LogP contribution in [0.5, 0.6) is 0 Å². The molecule has 0 bridgehead atoms. The first-order valence-electron chi connectivity index (χ1n) is 6.89. The largest absolute Gasteiger partial charge is 0.297 e. The van der Waals surface area contributed by atoms with Crippen molar-refractivity contribution in [2.24, 2.45) is 0 Å². The van der Waals surface area contributed by atoms with Gasteiger partial charge in [0.15, 0.2) is 0 Å². The summed E-state index contributed by atoms with van der Waals surface area (Å²) in [5.74, 6) is 0. The van der Waals surface area contributed by atoms with Gasteiger partial charge in [0.05, 0.1) is 22.7 Å². The molecule has 102 valence electrons. The van der Waals surface area contributed by atoms with E-state index in [-0.39, 0.29) is 5.41 Å². The lowest BCUT2D eigenvalue weighted by Crippen LogP contribution is -2.41. The molecular weight excluding hydrogens is 266 g/mol. The maximum absolute atomic E-state index is 9.66. The molecule has 0 radical (unpaired) electrons. The van der Waals surface area contributed by atoms with E-state index in [4.69, 9.17) is 0 Å². The topological polar surface area (TPSA) is 39.9 Å². The lowest BCUT2D eigenvalue weighted by molar-refractivity contribution is 0.177. The van der Waals surface area contributed by atoms with Crippen molar-refractivity contribution in [3.05, 3.63) is 52.5 Å². The molecule has 3 rings (SSSR count). The summed E-state index contributed by atoms with van der Waals surface area (Å²) in [6.07, 6.45) is 1.80. The molecule has 0 amide bonds. The van der Waals surface area contributed by atoms with E-state index in [2.05, 4.69) is 33.5 Å². The highest BCUT2D eigenvalue weighted by Gasteiger charge is 2.36. The smallest absolute Gasteiger partial charge is 0.0846 e. The third-order valence-electron chi connectivity index (χ3n) is 4.12. The van der Waals surface area contributed by atoms with Gasteiger partial charge < -0.3 is 0 Å². The summed E-state index contributed by atoms with van der Waals surface area (Å²) in [6, 6.07) is 12.8. The van der Waals surface area contributed by atoms with Gasteiger partial charge in [-0.25, -0.2) is 4.98 Å². The molecule has 2 heterocycles. The lowest BCUT2D eigenvalue weighted by atomic mass is 9.74. The molecule has 1 fully saturated rings. The van der Waals surface area contributed by atoms with Crippen LogP contribution in [-0.4, -0.2) is 23.0 Å². The van der Waals surface area contributed by atoms with Gasteiger partial charge in [-0.05, 0) is 18.4 Å². The van der Waals surface area contributed by atoms with Gasteiger partial charge in [0, 0.05) is 25.0 Å². The predicted octanol–water partition coefficient (Wildman–Crippen LogP) is 3.20. The van der Waals surface area contributed by atoms with Gasteiger partial charge >= 0.3 is 0 Å². The SMILES string of the molecule is N#CC1(c2ccccc2)CCN(Cc2cscn2)CC1. The van der Waals surface area contributed by atoms with Gasteiger partial charge in [0.2, 0.25) is 0 Å². The zero-order valence-corrected chi connectivity index (χ0v) is 12.1. The van der Waals surface area contributed by atoms with Crippen molar-refractivity contribution >= 4 is 11.3 Å². The minimum absolute atomic E-state index is 0.306. The Bertz CT molecular complexity index is 578. The standard InChI is InChI=1S/C16H17N3S/c17-12-16(14-4-2-1-3-5-14)6-8-19(9-7-16)10-15-11-20-13-18-15/h1-5,11,13H,6-10H2. The van der Waals surface area contributed by atoms with Crippen LogP contribution < -0.4 is 0 Å². The van der Waals surface area contributed by atoms with Crippen LogP contribution in [0.3, 0.4) is 0 Å². The van der Waals surface area contributed by atoms with E-state index in [1.165, 1.54) is 0 Å². The fraction of sp³-hybridized carbons (Fsp3) is 0.375. The molecule has 2 aromatic rings. The minimum atomic E-state index is -0.306. The van der Waals surface area contributed by atoms with Crippen LogP contribution in [0.4, 0.5) is 0 Å². The van der Waals surface area contributed by atoms with E-state index >= 15 is 0 Å². The average molecular weight is 283 g/mol. The summed E-state index contributed by atoms with van der Waals surface area (Å²) >= 11 is 1.64. The van der Waals surface area contributed by atoms with Gasteiger partial charge in [-0.2, -0.15) is 5.26 Å². The molecule has 1 aliphatic rings. The van der Waals surface area contributed by atoms with Crippen LogP contribution in [-0.2, 0) is 12.0 Å². The van der Waals surface area contributed by atoms with Crippen molar-refractivity contribution in [3.63, 3.8) is 0 Å². The highest BCUT2D eigenvalue weighted by atomic mass is 32.1. The summed E-state index contributed by atoms with van der Waals surface area (Å²) in [5.41, 5.74) is 3.87. The molecule has 3 nitrogen and oxygen atoms in total. The Balaban J connectivity index is 1.69. The van der Waals surface area contributed by atoms with Crippen molar-refractivity contribution < 1.29 is 0 Å². The van der Waals surface area contributed by atoms with Crippen molar-refractivity contribution in [1.29, 1.82) is 5.26 Å². The van der Waals surface area contributed by atoms with E-state index in [0.29, 0.717) is 0 Å². The van der Waals surface area contributed by atoms with Crippen LogP contribution in [0.15, 0.2) is 41.2 Å². The van der Waals surface area contributed by atoms with E-state index in [1.807, 2.05) is 23.7 Å². The number of rotatable bonds is 3. The molecule has 1 aromatic carbocycles. The maximum Gasteiger partial charge on any atom is 0.0846 e. The molecule has 0 unspecified atom stereocenters. The first-order chi connectivity index (χ1) is 9.82. The minimum Gasteiger partial charge on any atom is -0.297 e. The number of nitriles is 1. The molecular formula is C16H17N3S. The number of hydrogen-bond donors (Lipinski definition) is 0. The number of nitrogens with zero attached hydrogens (tertiary/aromatic N) is 3. The maximum atomic E-state index is 9.66. The highest BCUT2D eigenvalue weighted by molar-refractivity contribution is 7.07. The molecule has 0 N–H and O–H groups in total. The molecule has 1 aromatic heterocycles. The van der Waals surface area contributed by atoms with Crippen LogP contribution in [0, 0.1) is 11.3 Å². The molecule has 20 heavy (non-hydrogen) atoms. The number of benzene rings is 1. The van der Waals surface area contributed by atoms with Crippen molar-refractivity contribution in [2.75, 3.05) is 13.1 Å². The number of thiazole rings is 1. The van der Waals surface area contributed by atoms with Crippen molar-refractivity contribution in [1.82, 2.24) is 9.88 Å². The molecule has 0 atom stereocenters. The van der Waals surface area contributed by atoms with E-state index < -0.39 is 0 Å². The summed E-state index contributed by atoms with van der Waals surface area (Å²) in [5, 5.41) is 11.8. The Morgan fingerprint density at radius 1 is 1.25 bits per heavy atom. The molecule has 1 saturated heterocycles. The van der Waals surface area contributed by atoms with Gasteiger partial charge in [-0.15, -0.1) is 11.3 Å². The Hall–Kier alpha value is -1.70. The fourth-order valence-corrected chi connectivity index (χ4v) is 3.41. The Labute approximate surface area is 123 Å². The second kappa shape index (κ2) is 5.74. The van der Waals surface area contributed by atoms with Gasteiger partial charge in [0.1, 0.15) is 0 Å². The van der Waals surface area contributed by atoms with Gasteiger partial charge in [0.25, 0.3) is 0 Å². The van der Waals surface area contributed by atoms with Gasteiger partial charge in [-0.3, -0.25) is 4.90 Å². The van der Waals surface area contributed by atoms with Crippen LogP contribution in [0.1, 0.15) is 24.1 Å². The normalized spacial score (nSPS) is 18.6. The molecule has 4 heteroatoms. The summed E-state index contributed by atoms with van der Waals surface area (Å²) in [4.78, 5) is 6.73. The molecule has 1 aliphatic heterocycles. The van der Waals surface area contributed by atoms with E-state index in [1.54, 1.807) is 11.3 Å². The van der Waals surface area contributed by atoms with Crippen molar-refractivity contribution in [3.8, 4) is 6.07 Å². The van der Waals surface area contributed by atoms with Gasteiger partial charge in [-0.1, -0.05) is 30.3 Å². The highest BCUT2D eigenvalue weighted by Crippen LogP contribution is 2.35. The predicted molar refractivity (Wildman–Crippen MR) is 80.4 cm³/mol. The second-order valence-corrected chi connectivity index (χ2v) is 6.03. The summed E-state index contributed by atoms with van der Waals surface area (Å²) in [6.45, 7) is 2.82. The number of piperidine rings is 1. The Kier molecular flexibility index (Phi) is 3.81. The Morgan fingerprint density at radius 2 is 2.00 bits per heavy atom. The fourth-order valence-electron chi connectivity index (χ4n) is 2.86. The number of aromatic nitrogens is 1. The third kappa shape index (κ3) is 2.60. The van der Waals surface area contributed by atoms with Crippen LogP contribution in [0.2, 0.25) is 0 Å². The van der Waals surface area contributed by atoms with Crippen molar-refractivity contribution in [2.45, 2.75) is 24.8 Å². The third-order valence-corrected chi connectivity index (χ3v) is 4.75. The second-order valence-electron chi connectivity index (χ2n) is 5.32. The first-order valence-corrected chi connectivity index (χ1v) is 7.83. The quantitative estimate of drug-likeness (QED) is 0.868. The lowest BCUT2D eigenvalue weighted by Gasteiger charge is -2.37. The Morgan fingerprint density at radius 3 is 2.60 bits per heavy atom. The van der Waals surface area contributed by atoms with E-state index in [0.717, 1.165) is 43.7 Å². The first kappa shape index (κ1) is 13.3. The summed E-state index contributed by atoms with van der Waals surface area (Å²) < 4.78 is 0. The number of hydrogen-bond acceptors (Lipinski definition) is 4. The molecule has 0 aliphatic carbocycles. The zero-order chi connectivity index (χ0) is 13.8. The average Bonchev–Trinajstić information content (AvgIpc) is 3.02.